The highest BCUT2D eigenvalue weighted by atomic mass is 16.5. The summed E-state index contributed by atoms with van der Waals surface area (Å²) >= 11 is 0. The lowest BCUT2D eigenvalue weighted by molar-refractivity contribution is 0.0951. The number of nitrogens with one attached hydrogen (secondary N) is 1. The zero-order valence-electron chi connectivity index (χ0n) is 16.1. The molecule has 0 aromatic carbocycles. The van der Waals surface area contributed by atoms with E-state index in [4.69, 9.17) is 9.84 Å². The first-order chi connectivity index (χ1) is 13.7. The summed E-state index contributed by atoms with van der Waals surface area (Å²) < 4.78 is 6.91. The number of amides is 1. The molecule has 0 aliphatic carbocycles. The summed E-state index contributed by atoms with van der Waals surface area (Å²) in [5.41, 5.74) is 2.48. The summed E-state index contributed by atoms with van der Waals surface area (Å²) in [6.07, 6.45) is 4.40. The van der Waals surface area contributed by atoms with Gasteiger partial charge in [0.1, 0.15) is 0 Å². The smallest absolute Gasteiger partial charge is 0.252 e. The second kappa shape index (κ2) is 7.93. The van der Waals surface area contributed by atoms with Crippen LogP contribution in [0.4, 0.5) is 0 Å². The number of nitrogens with zero attached hydrogens (tertiary/aromatic N) is 5. The fourth-order valence-electron chi connectivity index (χ4n) is 3.66. The fraction of sp³-hybridized carbons (Fsp3) is 0.400. The Hall–Kier alpha value is -3.00. The summed E-state index contributed by atoms with van der Waals surface area (Å²) in [4.78, 5) is 23.2. The number of carbonyl (C=O) groups excluding carboxylic acids is 1. The van der Waals surface area contributed by atoms with Gasteiger partial charge in [0.25, 0.3) is 5.91 Å². The zero-order valence-corrected chi connectivity index (χ0v) is 16.1. The molecule has 1 atom stereocenters. The topological polar surface area (TPSA) is 85.2 Å². The predicted octanol–water partition coefficient (Wildman–Crippen LogP) is 1.68. The molecule has 0 spiro atoms. The molecule has 3 aromatic rings. The van der Waals surface area contributed by atoms with Crippen LogP contribution in [-0.4, -0.2) is 64.3 Å². The quantitative estimate of drug-likeness (QED) is 0.700. The monoisotopic (exact) mass is 380 g/mol. The van der Waals surface area contributed by atoms with Gasteiger partial charge in [-0.3, -0.25) is 4.79 Å². The third kappa shape index (κ3) is 3.68. The van der Waals surface area contributed by atoms with Crippen molar-refractivity contribution in [2.24, 2.45) is 0 Å². The molecule has 1 unspecified atom stereocenters. The second-order valence-corrected chi connectivity index (χ2v) is 7.08. The van der Waals surface area contributed by atoms with Crippen LogP contribution in [0, 0.1) is 0 Å². The molecule has 146 valence electrons. The summed E-state index contributed by atoms with van der Waals surface area (Å²) in [6, 6.07) is 7.40. The Morgan fingerprint density at radius 2 is 2.21 bits per heavy atom. The average molecular weight is 380 g/mol. The number of pyridine rings is 2. The Bertz CT molecular complexity index is 968. The molecule has 8 nitrogen and oxygen atoms in total. The molecule has 0 saturated carbocycles. The van der Waals surface area contributed by atoms with E-state index in [0.717, 1.165) is 36.2 Å². The van der Waals surface area contributed by atoms with Crippen molar-refractivity contribution in [1.82, 2.24) is 30.0 Å². The van der Waals surface area contributed by atoms with Crippen molar-refractivity contribution < 1.29 is 9.53 Å². The van der Waals surface area contributed by atoms with Crippen LogP contribution in [0.15, 0.2) is 36.7 Å². The van der Waals surface area contributed by atoms with Gasteiger partial charge in [-0.25, -0.2) is 14.6 Å². The molecule has 1 aliphatic heterocycles. The molecule has 1 saturated heterocycles. The largest absolute Gasteiger partial charge is 0.481 e. The number of likely N-dealkylation sites (N-methyl/N-ethyl adjacent to an activating group) is 1. The molecule has 4 heterocycles. The van der Waals surface area contributed by atoms with E-state index in [2.05, 4.69) is 33.3 Å². The number of aromatic nitrogens is 4. The van der Waals surface area contributed by atoms with Gasteiger partial charge in [-0.15, -0.1) is 0 Å². The number of hydrogen-bond acceptors (Lipinski definition) is 6. The number of hydrogen-bond donors (Lipinski definition) is 1. The van der Waals surface area contributed by atoms with E-state index < -0.39 is 0 Å². The van der Waals surface area contributed by atoms with Gasteiger partial charge >= 0.3 is 0 Å². The fourth-order valence-corrected chi connectivity index (χ4v) is 3.66. The highest BCUT2D eigenvalue weighted by molar-refractivity contribution is 5.93. The van der Waals surface area contributed by atoms with E-state index in [-0.39, 0.29) is 5.91 Å². The number of carbonyl (C=O) groups is 1. The van der Waals surface area contributed by atoms with Crippen molar-refractivity contribution in [1.29, 1.82) is 0 Å². The summed E-state index contributed by atoms with van der Waals surface area (Å²) in [5, 5.41) is 8.87. The van der Waals surface area contributed by atoms with E-state index in [1.54, 1.807) is 25.4 Å². The van der Waals surface area contributed by atoms with Gasteiger partial charge < -0.3 is 15.0 Å². The number of likely N-dealkylation sites (tertiary alicyclic amines) is 1. The second-order valence-electron chi connectivity index (χ2n) is 7.08. The number of ether oxygens (including phenoxy) is 1. The first-order valence-electron chi connectivity index (χ1n) is 9.44. The zero-order chi connectivity index (χ0) is 19.5. The maximum absolute atomic E-state index is 12.3. The summed E-state index contributed by atoms with van der Waals surface area (Å²) in [7, 11) is 3.68. The van der Waals surface area contributed by atoms with Crippen molar-refractivity contribution >= 4 is 16.9 Å². The Morgan fingerprint density at radius 1 is 1.32 bits per heavy atom. The van der Waals surface area contributed by atoms with Crippen molar-refractivity contribution in [2.75, 3.05) is 33.8 Å². The third-order valence-electron chi connectivity index (χ3n) is 5.13. The van der Waals surface area contributed by atoms with Gasteiger partial charge in [-0.1, -0.05) is 0 Å². The maximum Gasteiger partial charge on any atom is 0.252 e. The number of fused-ring (bicyclic) bond motifs is 1. The first-order valence-corrected chi connectivity index (χ1v) is 9.44. The van der Waals surface area contributed by atoms with Gasteiger partial charge in [0.2, 0.25) is 5.88 Å². The van der Waals surface area contributed by atoms with Crippen molar-refractivity contribution in [3.63, 3.8) is 0 Å². The molecular weight excluding hydrogens is 356 g/mol. The van der Waals surface area contributed by atoms with Crippen LogP contribution in [0.5, 0.6) is 5.88 Å². The molecule has 0 radical (unpaired) electrons. The lowest BCUT2D eigenvalue weighted by Crippen LogP contribution is -2.27. The first kappa shape index (κ1) is 18.4. The Labute approximate surface area is 163 Å². The van der Waals surface area contributed by atoms with E-state index >= 15 is 0 Å². The number of rotatable bonds is 6. The predicted molar refractivity (Wildman–Crippen MR) is 106 cm³/mol. The van der Waals surface area contributed by atoms with Crippen LogP contribution < -0.4 is 10.1 Å². The molecule has 1 aliphatic rings. The molecular formula is C20H24N6O2. The Balaban J connectivity index is 1.45. The molecule has 1 N–H and O–H groups in total. The Morgan fingerprint density at radius 3 is 2.93 bits per heavy atom. The minimum absolute atomic E-state index is 0.169. The molecule has 8 heteroatoms. The van der Waals surface area contributed by atoms with Crippen molar-refractivity contribution in [2.45, 2.75) is 18.9 Å². The van der Waals surface area contributed by atoms with E-state index in [9.17, 15) is 4.79 Å². The number of methoxy groups -OCH3 is 1. The summed E-state index contributed by atoms with van der Waals surface area (Å²) in [5.74, 6) is 0.742. The molecule has 3 aromatic heterocycles. The molecule has 0 bridgehead atoms. The van der Waals surface area contributed by atoms with Gasteiger partial charge in [-0.05, 0) is 38.2 Å². The van der Waals surface area contributed by atoms with E-state index in [1.165, 1.54) is 6.20 Å². The van der Waals surface area contributed by atoms with E-state index in [1.807, 2.05) is 10.7 Å². The minimum Gasteiger partial charge on any atom is -0.481 e. The van der Waals surface area contributed by atoms with Gasteiger partial charge in [0, 0.05) is 42.9 Å². The normalized spacial score (nSPS) is 17.1. The van der Waals surface area contributed by atoms with Gasteiger partial charge in [0.15, 0.2) is 5.65 Å². The Kier molecular flexibility index (Phi) is 5.21. The molecule has 28 heavy (non-hydrogen) atoms. The van der Waals surface area contributed by atoms with Crippen LogP contribution >= 0.6 is 0 Å². The third-order valence-corrected chi connectivity index (χ3v) is 5.13. The van der Waals surface area contributed by atoms with Crippen LogP contribution in [0.2, 0.25) is 0 Å². The highest BCUT2D eigenvalue weighted by Crippen LogP contribution is 2.30. The van der Waals surface area contributed by atoms with Crippen LogP contribution in [0.3, 0.4) is 0 Å². The maximum atomic E-state index is 12.3. The van der Waals surface area contributed by atoms with Gasteiger partial charge in [0.05, 0.1) is 24.9 Å². The average Bonchev–Trinajstić information content (AvgIpc) is 3.32. The molecule has 4 rings (SSSR count). The standard InChI is InChI=1S/C20H24N6O2/c1-25-10-7-15(13-25)18-16-4-3-8-21-19(16)26(24-18)11-9-22-20(27)14-5-6-17(28-2)23-12-14/h3-6,8,12,15H,7,9-11,13H2,1-2H3,(H,22,27). The van der Waals surface area contributed by atoms with E-state index in [0.29, 0.717) is 30.5 Å². The minimum atomic E-state index is -0.169. The molecule has 1 amide bonds. The van der Waals surface area contributed by atoms with Crippen LogP contribution in [0.25, 0.3) is 11.0 Å². The highest BCUT2D eigenvalue weighted by Gasteiger charge is 2.26. The summed E-state index contributed by atoms with van der Waals surface area (Å²) in [6.45, 7) is 3.13. The van der Waals surface area contributed by atoms with Crippen LogP contribution in [-0.2, 0) is 6.54 Å². The van der Waals surface area contributed by atoms with Crippen molar-refractivity contribution in [3.8, 4) is 5.88 Å². The van der Waals surface area contributed by atoms with Crippen molar-refractivity contribution in [3.05, 3.63) is 47.9 Å². The lowest BCUT2D eigenvalue weighted by Gasteiger charge is -2.08. The lowest BCUT2D eigenvalue weighted by atomic mass is 10.0. The SMILES string of the molecule is COc1ccc(C(=O)NCCn2nc(C3CCN(C)C3)c3cccnc32)cn1. The van der Waals surface area contributed by atoms with Crippen LogP contribution in [0.1, 0.15) is 28.4 Å². The van der Waals surface area contributed by atoms with Gasteiger partial charge in [-0.2, -0.15) is 5.10 Å². The molecule has 1 fully saturated rings.